The van der Waals surface area contributed by atoms with Crippen LogP contribution in [0.25, 0.3) is 0 Å². The van der Waals surface area contributed by atoms with E-state index in [2.05, 4.69) is 6.07 Å². The van der Waals surface area contributed by atoms with Crippen molar-refractivity contribution in [2.24, 2.45) is 0 Å². The fraction of sp³-hybridized carbons (Fsp3) is 0.400. The highest BCUT2D eigenvalue weighted by atomic mass is 16.5. The smallest absolute Gasteiger partial charge is 0.338 e. The third-order valence-electron chi connectivity index (χ3n) is 3.12. The Balaban J connectivity index is 3.08. The summed E-state index contributed by atoms with van der Waals surface area (Å²) in [5, 5.41) is 0. The molecule has 0 bridgehead atoms. The second-order valence-corrected chi connectivity index (χ2v) is 4.30. The van der Waals surface area contributed by atoms with Gasteiger partial charge in [0, 0.05) is 0 Å². The average molecular weight is 232 g/mol. The number of allylic oxidation sites excluding steroid dienone is 1. The molecule has 0 unspecified atom stereocenters. The van der Waals surface area contributed by atoms with Gasteiger partial charge in [-0.05, 0) is 56.9 Å². The zero-order chi connectivity index (χ0) is 13.0. The lowest BCUT2D eigenvalue weighted by Gasteiger charge is -2.13. The second kappa shape index (κ2) is 5.67. The molecule has 0 aromatic heterocycles. The van der Waals surface area contributed by atoms with Gasteiger partial charge in [-0.1, -0.05) is 18.2 Å². The molecule has 0 heterocycles. The minimum absolute atomic E-state index is 0.232. The van der Waals surface area contributed by atoms with Crippen molar-refractivity contribution in [1.82, 2.24) is 0 Å². The predicted octanol–water partition coefficient (Wildman–Crippen LogP) is 3.65. The predicted molar refractivity (Wildman–Crippen MR) is 70.5 cm³/mol. The first-order valence-corrected chi connectivity index (χ1v) is 5.84. The molecule has 1 aromatic carbocycles. The topological polar surface area (TPSA) is 26.3 Å². The highest BCUT2D eigenvalue weighted by Crippen LogP contribution is 2.22. The van der Waals surface area contributed by atoms with Gasteiger partial charge in [0.15, 0.2) is 0 Å². The van der Waals surface area contributed by atoms with Gasteiger partial charge in [-0.3, -0.25) is 0 Å². The fourth-order valence-electron chi connectivity index (χ4n) is 1.82. The van der Waals surface area contributed by atoms with Gasteiger partial charge in [0.25, 0.3) is 0 Å². The zero-order valence-corrected chi connectivity index (χ0v) is 11.3. The Kier molecular flexibility index (Phi) is 4.50. The highest BCUT2D eigenvalue weighted by molar-refractivity contribution is 5.93. The average Bonchev–Trinajstić information content (AvgIpc) is 2.27. The second-order valence-electron chi connectivity index (χ2n) is 4.30. The molecule has 0 N–H and O–H groups in total. The summed E-state index contributed by atoms with van der Waals surface area (Å²) in [4.78, 5) is 12.0. The maximum atomic E-state index is 12.0. The van der Waals surface area contributed by atoms with Gasteiger partial charge in [-0.15, -0.1) is 0 Å². The molecular formula is C15H20O2. The zero-order valence-electron chi connectivity index (χ0n) is 11.3. The van der Waals surface area contributed by atoms with Gasteiger partial charge in [-0.2, -0.15) is 0 Å². The van der Waals surface area contributed by atoms with Crippen LogP contribution in [0.4, 0.5) is 0 Å². The van der Waals surface area contributed by atoms with Crippen LogP contribution in [0.1, 0.15) is 39.5 Å². The summed E-state index contributed by atoms with van der Waals surface area (Å²) in [6.45, 7) is 10.2. The fourth-order valence-corrected chi connectivity index (χ4v) is 1.82. The molecule has 0 saturated heterocycles. The molecule has 0 saturated carbocycles. The molecule has 1 aromatic rings. The highest BCUT2D eigenvalue weighted by Gasteiger charge is 2.16. The van der Waals surface area contributed by atoms with Gasteiger partial charge < -0.3 is 4.74 Å². The van der Waals surface area contributed by atoms with Gasteiger partial charge in [-0.25, -0.2) is 4.79 Å². The molecule has 0 aliphatic rings. The van der Waals surface area contributed by atoms with Crippen molar-refractivity contribution in [2.45, 2.75) is 34.6 Å². The van der Waals surface area contributed by atoms with Crippen LogP contribution in [-0.2, 0) is 4.74 Å². The molecule has 0 radical (unpaired) electrons. The Morgan fingerprint density at radius 3 is 2.18 bits per heavy atom. The molecule has 0 aliphatic heterocycles. The number of carbonyl (C=O) groups is 1. The van der Waals surface area contributed by atoms with Crippen molar-refractivity contribution in [3.8, 4) is 0 Å². The Morgan fingerprint density at radius 1 is 1.18 bits per heavy atom. The van der Waals surface area contributed by atoms with Crippen molar-refractivity contribution in [2.75, 3.05) is 6.61 Å². The van der Waals surface area contributed by atoms with E-state index in [9.17, 15) is 4.79 Å². The molecule has 1 rings (SSSR count). The van der Waals surface area contributed by atoms with E-state index in [-0.39, 0.29) is 5.97 Å². The van der Waals surface area contributed by atoms with Crippen molar-refractivity contribution in [3.05, 3.63) is 46.0 Å². The molecule has 2 heteroatoms. The van der Waals surface area contributed by atoms with Crippen molar-refractivity contribution in [1.29, 1.82) is 0 Å². The standard InChI is InChI=1S/C15H20O2/c1-6-7-8-17-15(16)14-12(4)10(2)9-11(3)13(14)5/h6-7,9H,8H2,1-5H3/b7-6-. The molecule has 0 atom stereocenters. The quantitative estimate of drug-likeness (QED) is 0.587. The van der Waals surface area contributed by atoms with Crippen LogP contribution in [0.2, 0.25) is 0 Å². The lowest BCUT2D eigenvalue weighted by molar-refractivity contribution is 0.0547. The van der Waals surface area contributed by atoms with E-state index in [1.165, 1.54) is 0 Å². The number of esters is 1. The van der Waals surface area contributed by atoms with Crippen LogP contribution in [0, 0.1) is 27.7 Å². The number of benzene rings is 1. The molecular weight excluding hydrogens is 212 g/mol. The Hall–Kier alpha value is -1.57. The molecule has 92 valence electrons. The molecule has 0 spiro atoms. The summed E-state index contributed by atoms with van der Waals surface area (Å²) in [5.74, 6) is -0.232. The number of ether oxygens (including phenoxy) is 1. The van der Waals surface area contributed by atoms with Crippen LogP contribution in [0.5, 0.6) is 0 Å². The van der Waals surface area contributed by atoms with Crippen molar-refractivity contribution in [3.63, 3.8) is 0 Å². The molecule has 0 amide bonds. The molecule has 0 aliphatic carbocycles. The Morgan fingerprint density at radius 2 is 1.71 bits per heavy atom. The number of rotatable bonds is 3. The van der Waals surface area contributed by atoms with Crippen LogP contribution in [-0.4, -0.2) is 12.6 Å². The Labute approximate surface area is 103 Å². The minimum atomic E-state index is -0.232. The lowest BCUT2D eigenvalue weighted by atomic mass is 9.94. The summed E-state index contributed by atoms with van der Waals surface area (Å²) >= 11 is 0. The number of carbonyl (C=O) groups excluding carboxylic acids is 1. The SMILES string of the molecule is C/C=C\COC(=O)c1c(C)c(C)cc(C)c1C. The first-order valence-electron chi connectivity index (χ1n) is 5.84. The van der Waals surface area contributed by atoms with Crippen LogP contribution in [0.15, 0.2) is 18.2 Å². The van der Waals surface area contributed by atoms with Crippen LogP contribution >= 0.6 is 0 Å². The number of aryl methyl sites for hydroxylation is 2. The van der Waals surface area contributed by atoms with E-state index >= 15 is 0 Å². The Bertz CT molecular complexity index is 430. The number of hydrogen-bond donors (Lipinski definition) is 0. The van der Waals surface area contributed by atoms with Crippen molar-refractivity contribution >= 4 is 5.97 Å². The molecule has 0 fully saturated rings. The van der Waals surface area contributed by atoms with Gasteiger partial charge in [0.2, 0.25) is 0 Å². The van der Waals surface area contributed by atoms with Crippen LogP contribution in [0.3, 0.4) is 0 Å². The summed E-state index contributed by atoms with van der Waals surface area (Å²) in [6, 6.07) is 2.10. The van der Waals surface area contributed by atoms with E-state index in [1.807, 2.05) is 46.8 Å². The molecule has 2 nitrogen and oxygen atoms in total. The maximum Gasteiger partial charge on any atom is 0.338 e. The molecule has 17 heavy (non-hydrogen) atoms. The monoisotopic (exact) mass is 232 g/mol. The van der Waals surface area contributed by atoms with Gasteiger partial charge in [0.1, 0.15) is 6.61 Å². The minimum Gasteiger partial charge on any atom is -0.458 e. The maximum absolute atomic E-state index is 12.0. The largest absolute Gasteiger partial charge is 0.458 e. The van der Waals surface area contributed by atoms with E-state index in [0.29, 0.717) is 12.2 Å². The third kappa shape index (κ3) is 2.96. The summed E-state index contributed by atoms with van der Waals surface area (Å²) in [6.07, 6.45) is 3.69. The van der Waals surface area contributed by atoms with E-state index in [0.717, 1.165) is 22.3 Å². The van der Waals surface area contributed by atoms with Crippen LogP contribution < -0.4 is 0 Å². The normalized spacial score (nSPS) is 10.9. The van der Waals surface area contributed by atoms with Crippen molar-refractivity contribution < 1.29 is 9.53 Å². The third-order valence-corrected chi connectivity index (χ3v) is 3.12. The summed E-state index contributed by atoms with van der Waals surface area (Å²) in [7, 11) is 0. The van der Waals surface area contributed by atoms with Gasteiger partial charge >= 0.3 is 5.97 Å². The first-order chi connectivity index (χ1) is 7.99. The summed E-state index contributed by atoms with van der Waals surface area (Å²) in [5.41, 5.74) is 5.00. The summed E-state index contributed by atoms with van der Waals surface area (Å²) < 4.78 is 5.21. The van der Waals surface area contributed by atoms with Gasteiger partial charge in [0.05, 0.1) is 5.56 Å². The van der Waals surface area contributed by atoms with E-state index < -0.39 is 0 Å². The number of hydrogen-bond acceptors (Lipinski definition) is 2. The lowest BCUT2D eigenvalue weighted by Crippen LogP contribution is -2.11. The van der Waals surface area contributed by atoms with E-state index in [1.54, 1.807) is 0 Å². The van der Waals surface area contributed by atoms with E-state index in [4.69, 9.17) is 4.74 Å². The first kappa shape index (κ1) is 13.5.